The van der Waals surface area contributed by atoms with Crippen molar-refractivity contribution in [2.24, 2.45) is 0 Å². The van der Waals surface area contributed by atoms with Crippen molar-refractivity contribution in [3.8, 4) is 5.75 Å². The van der Waals surface area contributed by atoms with Gasteiger partial charge in [-0.05, 0) is 67.5 Å². The van der Waals surface area contributed by atoms with Crippen molar-refractivity contribution in [1.82, 2.24) is 14.8 Å². The van der Waals surface area contributed by atoms with Gasteiger partial charge in [0.15, 0.2) is 0 Å². The number of halogens is 1. The van der Waals surface area contributed by atoms with Crippen LogP contribution in [0, 0.1) is 5.82 Å². The number of nitrogens with zero attached hydrogens (tertiary/aromatic N) is 3. The summed E-state index contributed by atoms with van der Waals surface area (Å²) in [6, 6.07) is 24.2. The standard InChI is InChI=1S/C34H35FN4O3S/c1-23-30(32(40)42-28-13-6-3-7-14-28)31(25-16-18-27(19-17-25)41-21-20-24-10-4-2-5-11-24)39-33(36-23)37-34(38-39)43-22-26-12-8-9-15-29(26)35/h2,4-5,8-12,15-19,28,31H,3,6-7,13-14,20-22H2,1H3,(H,36,37,38). The molecule has 1 fully saturated rings. The van der Waals surface area contributed by atoms with E-state index in [1.165, 1.54) is 29.8 Å². The van der Waals surface area contributed by atoms with Gasteiger partial charge in [0.25, 0.3) is 0 Å². The van der Waals surface area contributed by atoms with E-state index in [9.17, 15) is 9.18 Å². The van der Waals surface area contributed by atoms with E-state index in [2.05, 4.69) is 22.4 Å². The summed E-state index contributed by atoms with van der Waals surface area (Å²) in [5, 5.41) is 8.54. The summed E-state index contributed by atoms with van der Waals surface area (Å²) in [7, 11) is 0. The number of hydrogen-bond acceptors (Lipinski definition) is 7. The molecule has 0 saturated heterocycles. The summed E-state index contributed by atoms with van der Waals surface area (Å²) in [5.41, 5.74) is 3.85. The molecule has 1 aliphatic carbocycles. The number of carbonyl (C=O) groups excluding carboxylic acids is 1. The molecule has 3 aromatic carbocycles. The summed E-state index contributed by atoms with van der Waals surface area (Å²) in [6.07, 6.45) is 5.82. The van der Waals surface area contributed by atoms with Crippen LogP contribution < -0.4 is 10.1 Å². The van der Waals surface area contributed by atoms with Gasteiger partial charge >= 0.3 is 5.97 Å². The molecule has 0 radical (unpaired) electrons. The third kappa shape index (κ3) is 6.94. The van der Waals surface area contributed by atoms with E-state index in [-0.39, 0.29) is 17.9 Å². The number of benzene rings is 3. The Morgan fingerprint density at radius 1 is 1.00 bits per heavy atom. The third-order valence-corrected chi connectivity index (χ3v) is 8.78. The normalized spacial score (nSPS) is 16.8. The number of esters is 1. The van der Waals surface area contributed by atoms with Crippen molar-refractivity contribution >= 4 is 23.7 Å². The number of carbonyl (C=O) groups is 1. The van der Waals surface area contributed by atoms with Gasteiger partial charge in [-0.3, -0.25) is 0 Å². The van der Waals surface area contributed by atoms with Crippen LogP contribution in [0.3, 0.4) is 0 Å². The highest BCUT2D eigenvalue weighted by Gasteiger charge is 2.36. The summed E-state index contributed by atoms with van der Waals surface area (Å²) in [4.78, 5) is 18.4. The Labute approximate surface area is 255 Å². The first-order chi connectivity index (χ1) is 21.0. The lowest BCUT2D eigenvalue weighted by atomic mass is 9.95. The fourth-order valence-electron chi connectivity index (χ4n) is 5.60. The minimum Gasteiger partial charge on any atom is -0.493 e. The molecule has 6 rings (SSSR count). The minimum atomic E-state index is -0.541. The molecular formula is C34H35FN4O3S. The van der Waals surface area contributed by atoms with Gasteiger partial charge in [-0.1, -0.05) is 78.8 Å². The van der Waals surface area contributed by atoms with E-state index in [0.717, 1.165) is 43.4 Å². The highest BCUT2D eigenvalue weighted by atomic mass is 32.2. The van der Waals surface area contributed by atoms with Crippen molar-refractivity contribution in [3.05, 3.63) is 113 Å². The molecule has 1 N–H and O–H groups in total. The van der Waals surface area contributed by atoms with E-state index >= 15 is 0 Å². The van der Waals surface area contributed by atoms with Crippen molar-refractivity contribution < 1.29 is 18.7 Å². The topological polar surface area (TPSA) is 78.3 Å². The molecule has 1 aromatic heterocycles. The number of rotatable bonds is 10. The Hall–Kier alpha value is -4.11. The summed E-state index contributed by atoms with van der Waals surface area (Å²) >= 11 is 1.35. The summed E-state index contributed by atoms with van der Waals surface area (Å²) < 4.78 is 28.0. The highest BCUT2D eigenvalue weighted by Crippen LogP contribution is 2.38. The van der Waals surface area contributed by atoms with Crippen LogP contribution in [0.1, 0.15) is 61.8 Å². The zero-order valence-electron chi connectivity index (χ0n) is 24.2. The minimum absolute atomic E-state index is 0.0772. The summed E-state index contributed by atoms with van der Waals surface area (Å²) in [5.74, 6) is 1.06. The van der Waals surface area contributed by atoms with Gasteiger partial charge in [0.2, 0.25) is 11.1 Å². The molecule has 0 amide bonds. The van der Waals surface area contributed by atoms with Gasteiger partial charge in [-0.2, -0.15) is 4.98 Å². The first-order valence-corrected chi connectivity index (χ1v) is 15.8. The maximum absolute atomic E-state index is 14.2. The number of anilines is 1. The van der Waals surface area contributed by atoms with Crippen LogP contribution in [0.5, 0.6) is 5.75 Å². The Balaban J connectivity index is 1.24. The van der Waals surface area contributed by atoms with E-state index in [1.54, 1.807) is 16.8 Å². The second-order valence-corrected chi connectivity index (χ2v) is 11.9. The number of ether oxygens (including phenoxy) is 2. The zero-order chi connectivity index (χ0) is 29.6. The van der Waals surface area contributed by atoms with Crippen LogP contribution in [0.25, 0.3) is 0 Å². The molecule has 1 unspecified atom stereocenters. The van der Waals surface area contributed by atoms with Gasteiger partial charge in [-0.15, -0.1) is 5.10 Å². The van der Waals surface area contributed by atoms with Crippen molar-refractivity contribution in [3.63, 3.8) is 0 Å². The molecule has 2 aliphatic rings. The first-order valence-electron chi connectivity index (χ1n) is 14.8. The fraction of sp³-hybridized carbons (Fsp3) is 0.324. The molecule has 0 bridgehead atoms. The van der Waals surface area contributed by atoms with E-state index in [1.807, 2.05) is 55.5 Å². The molecule has 1 atom stereocenters. The highest BCUT2D eigenvalue weighted by molar-refractivity contribution is 7.98. The molecule has 1 aliphatic heterocycles. The SMILES string of the molecule is CC1=C(C(=O)OC2CCCCC2)C(c2ccc(OCCc3ccccc3)cc2)n2nc(SCc3ccccc3F)nc2N1. The maximum Gasteiger partial charge on any atom is 0.338 e. The number of allylic oxidation sites excluding steroid dienone is 1. The van der Waals surface area contributed by atoms with Crippen LogP contribution in [0.2, 0.25) is 0 Å². The van der Waals surface area contributed by atoms with Gasteiger partial charge in [-0.25, -0.2) is 13.9 Å². The molecule has 7 nitrogen and oxygen atoms in total. The molecule has 9 heteroatoms. The molecule has 4 aromatic rings. The van der Waals surface area contributed by atoms with Crippen molar-refractivity contribution in [2.45, 2.75) is 68.5 Å². The Morgan fingerprint density at radius 2 is 1.74 bits per heavy atom. The average Bonchev–Trinajstić information content (AvgIpc) is 3.43. The number of nitrogens with one attached hydrogen (secondary N) is 1. The van der Waals surface area contributed by atoms with Gasteiger partial charge in [0, 0.05) is 17.9 Å². The molecule has 1 saturated carbocycles. The molecule has 222 valence electrons. The number of thioether (sulfide) groups is 1. The van der Waals surface area contributed by atoms with E-state index in [0.29, 0.717) is 40.3 Å². The zero-order valence-corrected chi connectivity index (χ0v) is 25.0. The van der Waals surface area contributed by atoms with Crippen LogP contribution in [-0.4, -0.2) is 33.4 Å². The Bertz CT molecular complexity index is 1580. The largest absolute Gasteiger partial charge is 0.493 e. The quantitative estimate of drug-likeness (QED) is 0.150. The second kappa shape index (κ2) is 13.5. The first kappa shape index (κ1) is 29.0. The molecule has 2 heterocycles. The van der Waals surface area contributed by atoms with Gasteiger partial charge < -0.3 is 14.8 Å². The van der Waals surface area contributed by atoms with Crippen molar-refractivity contribution in [2.75, 3.05) is 11.9 Å². The lowest BCUT2D eigenvalue weighted by Crippen LogP contribution is -2.32. The number of fused-ring (bicyclic) bond motifs is 1. The molecule has 43 heavy (non-hydrogen) atoms. The third-order valence-electron chi connectivity index (χ3n) is 7.89. The van der Waals surface area contributed by atoms with Crippen LogP contribution in [-0.2, 0) is 21.7 Å². The summed E-state index contributed by atoms with van der Waals surface area (Å²) in [6.45, 7) is 2.43. The predicted molar refractivity (Wildman–Crippen MR) is 165 cm³/mol. The lowest BCUT2D eigenvalue weighted by Gasteiger charge is -2.30. The van der Waals surface area contributed by atoms with Gasteiger partial charge in [0.1, 0.15) is 23.7 Å². The number of aromatic nitrogens is 3. The smallest absolute Gasteiger partial charge is 0.338 e. The van der Waals surface area contributed by atoms with Crippen molar-refractivity contribution in [1.29, 1.82) is 0 Å². The van der Waals surface area contributed by atoms with Crippen LogP contribution in [0.15, 0.2) is 95.3 Å². The second-order valence-electron chi connectivity index (χ2n) is 10.9. The molecule has 0 spiro atoms. The monoisotopic (exact) mass is 598 g/mol. The average molecular weight is 599 g/mol. The van der Waals surface area contributed by atoms with E-state index in [4.69, 9.17) is 14.6 Å². The Kier molecular flexibility index (Phi) is 9.07. The predicted octanol–water partition coefficient (Wildman–Crippen LogP) is 7.50. The van der Waals surface area contributed by atoms with Gasteiger partial charge in [0.05, 0.1) is 12.2 Å². The molecular weight excluding hydrogens is 563 g/mol. The maximum atomic E-state index is 14.2. The number of hydrogen-bond donors (Lipinski definition) is 1. The lowest BCUT2D eigenvalue weighted by molar-refractivity contribution is -0.146. The van der Waals surface area contributed by atoms with Crippen LogP contribution in [0.4, 0.5) is 10.3 Å². The van der Waals surface area contributed by atoms with E-state index < -0.39 is 6.04 Å². The fourth-order valence-corrected chi connectivity index (χ4v) is 6.41. The van der Waals surface area contributed by atoms with Crippen LogP contribution >= 0.6 is 11.8 Å². The Morgan fingerprint density at radius 3 is 2.51 bits per heavy atom.